The molecule has 5 nitrogen and oxygen atoms in total. The van der Waals surface area contributed by atoms with Gasteiger partial charge in [-0.3, -0.25) is 0 Å². The molecule has 0 saturated heterocycles. The van der Waals surface area contributed by atoms with Crippen molar-refractivity contribution in [1.29, 1.82) is 0 Å². The Balaban J connectivity index is -0.0000000600. The standard InChI is InChI=1S/Cl2HO4P.H3N.Na.H/c1-5-7(3,4)6-2;;;/h(H,3,4);1H3;;/q;;+1;-1. The first-order valence-corrected chi connectivity index (χ1v) is 3.17. The Morgan fingerprint density at radius 2 is 1.67 bits per heavy atom. The van der Waals surface area contributed by atoms with Gasteiger partial charge in [0.1, 0.15) is 0 Å². The zero-order valence-electron chi connectivity index (χ0n) is 5.58. The molecule has 0 heterocycles. The van der Waals surface area contributed by atoms with Crippen LogP contribution in [0.5, 0.6) is 0 Å². The van der Waals surface area contributed by atoms with Gasteiger partial charge in [-0.2, -0.15) is 8.15 Å². The fraction of sp³-hybridized carbons (Fsp3) is 0. The van der Waals surface area contributed by atoms with E-state index in [1.165, 1.54) is 0 Å². The van der Waals surface area contributed by atoms with Crippen LogP contribution < -0.4 is 35.7 Å². The summed E-state index contributed by atoms with van der Waals surface area (Å²) >= 11 is 8.74. The molecule has 54 valence electrons. The van der Waals surface area contributed by atoms with Crippen LogP contribution in [0.15, 0.2) is 0 Å². The number of hydrogen-bond acceptors (Lipinski definition) is 4. The Hall–Kier alpha value is 1.65. The average Bonchev–Trinajstić information content (AvgIpc) is 1.68. The van der Waals surface area contributed by atoms with Crippen molar-refractivity contribution in [2.75, 3.05) is 0 Å². The molecule has 0 bridgehead atoms. The van der Waals surface area contributed by atoms with Crippen molar-refractivity contribution >= 4 is 31.6 Å². The van der Waals surface area contributed by atoms with Gasteiger partial charge in [0.15, 0.2) is 0 Å². The van der Waals surface area contributed by atoms with Crippen molar-refractivity contribution in [2.45, 2.75) is 0 Å². The molecule has 0 atom stereocenters. The molecule has 0 unspecified atom stereocenters. The van der Waals surface area contributed by atoms with Gasteiger partial charge in [0.05, 0.1) is 23.7 Å². The summed E-state index contributed by atoms with van der Waals surface area (Å²) in [5, 5.41) is 0. The van der Waals surface area contributed by atoms with E-state index in [9.17, 15) is 4.57 Å². The molecular weight excluding hydrogens is 203 g/mol. The van der Waals surface area contributed by atoms with Gasteiger partial charge in [-0.15, -0.1) is 0 Å². The third kappa shape index (κ3) is 9.65. The van der Waals surface area contributed by atoms with Crippen LogP contribution in [-0.4, -0.2) is 4.89 Å². The van der Waals surface area contributed by atoms with E-state index in [0.29, 0.717) is 0 Å². The van der Waals surface area contributed by atoms with Crippen molar-refractivity contribution in [3.63, 3.8) is 0 Å². The van der Waals surface area contributed by atoms with Gasteiger partial charge in [0, 0.05) is 0 Å². The van der Waals surface area contributed by atoms with E-state index in [0.717, 1.165) is 0 Å². The molecule has 0 aromatic heterocycles. The third-order valence-electron chi connectivity index (χ3n) is 0.174. The van der Waals surface area contributed by atoms with E-state index in [1.54, 1.807) is 0 Å². The predicted molar refractivity (Wildman–Crippen MR) is 29.8 cm³/mol. The van der Waals surface area contributed by atoms with E-state index < -0.39 is 7.82 Å². The van der Waals surface area contributed by atoms with Crippen molar-refractivity contribution < 1.29 is 48.6 Å². The van der Waals surface area contributed by atoms with E-state index in [4.69, 9.17) is 4.89 Å². The quantitative estimate of drug-likeness (QED) is 0.435. The fourth-order valence-corrected chi connectivity index (χ4v) is 0.287. The third-order valence-corrected chi connectivity index (χ3v) is 1.57. The molecular formula is H5Cl2NNaO4P. The molecule has 0 radical (unpaired) electrons. The predicted octanol–water partition coefficient (Wildman–Crippen LogP) is -1.29. The summed E-state index contributed by atoms with van der Waals surface area (Å²) in [5.74, 6) is 0. The van der Waals surface area contributed by atoms with E-state index >= 15 is 0 Å². The van der Waals surface area contributed by atoms with Crippen LogP contribution in [0.25, 0.3) is 0 Å². The van der Waals surface area contributed by atoms with Crippen LogP contribution in [0.3, 0.4) is 0 Å². The number of phosphoric acid groups is 1. The van der Waals surface area contributed by atoms with Gasteiger partial charge in [-0.25, -0.2) is 4.57 Å². The smallest absolute Gasteiger partial charge is 1.00 e. The largest absolute Gasteiger partial charge is 1.00 e. The van der Waals surface area contributed by atoms with Crippen LogP contribution in [0.4, 0.5) is 0 Å². The van der Waals surface area contributed by atoms with Gasteiger partial charge >= 0.3 is 37.4 Å². The Kier molecular flexibility index (Phi) is 14.6. The van der Waals surface area contributed by atoms with E-state index in [2.05, 4.69) is 31.9 Å². The summed E-state index contributed by atoms with van der Waals surface area (Å²) in [6.45, 7) is 0. The first-order chi connectivity index (χ1) is 3.12. The molecule has 9 heteroatoms. The van der Waals surface area contributed by atoms with Gasteiger partial charge in [0.2, 0.25) is 0 Å². The zero-order chi connectivity index (χ0) is 5.91. The summed E-state index contributed by atoms with van der Waals surface area (Å²) < 4.78 is 16.4. The summed E-state index contributed by atoms with van der Waals surface area (Å²) in [4.78, 5) is 7.98. The second-order valence-electron chi connectivity index (χ2n) is 0.607. The van der Waals surface area contributed by atoms with Crippen molar-refractivity contribution in [1.82, 2.24) is 6.15 Å². The van der Waals surface area contributed by atoms with Crippen LogP contribution in [-0.2, 0) is 12.7 Å². The first kappa shape index (κ1) is 16.9. The van der Waals surface area contributed by atoms with Gasteiger partial charge in [-0.05, 0) is 0 Å². The van der Waals surface area contributed by atoms with Crippen molar-refractivity contribution in [3.05, 3.63) is 0 Å². The van der Waals surface area contributed by atoms with E-state index in [-0.39, 0.29) is 37.1 Å². The van der Waals surface area contributed by atoms with Gasteiger partial charge in [0.25, 0.3) is 0 Å². The summed E-state index contributed by atoms with van der Waals surface area (Å²) in [7, 11) is -4.12. The summed E-state index contributed by atoms with van der Waals surface area (Å²) in [6, 6.07) is 0. The molecule has 0 aromatic rings. The summed E-state index contributed by atoms with van der Waals surface area (Å²) in [6.07, 6.45) is 0. The Morgan fingerprint density at radius 1 is 1.44 bits per heavy atom. The van der Waals surface area contributed by atoms with Gasteiger partial charge < -0.3 is 12.5 Å². The normalized spacial score (nSPS) is 9.22. The second kappa shape index (κ2) is 7.75. The minimum absolute atomic E-state index is 0. The topological polar surface area (TPSA) is 90.8 Å². The molecule has 4 N–H and O–H groups in total. The molecule has 0 aliphatic heterocycles. The Morgan fingerprint density at radius 3 is 1.67 bits per heavy atom. The van der Waals surface area contributed by atoms with Crippen molar-refractivity contribution in [3.8, 4) is 0 Å². The van der Waals surface area contributed by atoms with Gasteiger partial charge in [-0.1, -0.05) is 0 Å². The molecule has 0 fully saturated rings. The average molecular weight is 208 g/mol. The molecule has 0 rings (SSSR count). The number of hydrogen-bond donors (Lipinski definition) is 2. The Bertz CT molecular complexity index is 95.3. The Labute approximate surface area is 85.9 Å². The van der Waals surface area contributed by atoms with Crippen molar-refractivity contribution in [2.24, 2.45) is 0 Å². The SMILES string of the molecule is N.O=P(O)(OCl)OCl.[H-].[Na+]. The molecule has 0 spiro atoms. The zero-order valence-corrected chi connectivity index (χ0v) is 8.99. The molecule has 0 aliphatic rings. The summed E-state index contributed by atoms with van der Waals surface area (Å²) in [5.41, 5.74) is 0. The molecule has 0 saturated carbocycles. The molecule has 0 amide bonds. The first-order valence-electron chi connectivity index (χ1n) is 1.06. The van der Waals surface area contributed by atoms with Crippen LogP contribution in [0.1, 0.15) is 1.43 Å². The molecule has 0 aromatic carbocycles. The fourth-order valence-electron chi connectivity index (χ4n) is 0.0106. The monoisotopic (exact) mass is 207 g/mol. The van der Waals surface area contributed by atoms with Crippen LogP contribution in [0, 0.1) is 0 Å². The molecule has 9 heavy (non-hydrogen) atoms. The number of halogens is 2. The maximum Gasteiger partial charge on any atom is 1.00 e. The second-order valence-corrected chi connectivity index (χ2v) is 2.65. The maximum atomic E-state index is 9.80. The number of rotatable bonds is 2. The van der Waals surface area contributed by atoms with Crippen LogP contribution in [0.2, 0.25) is 0 Å². The minimum Gasteiger partial charge on any atom is -1.00 e. The van der Waals surface area contributed by atoms with E-state index in [1.807, 2.05) is 0 Å². The maximum absolute atomic E-state index is 9.80. The van der Waals surface area contributed by atoms with Crippen LogP contribution >= 0.6 is 31.6 Å². The minimum atomic E-state index is -4.12. The molecule has 0 aliphatic carbocycles.